The van der Waals surface area contributed by atoms with E-state index in [1.54, 1.807) is 12.1 Å². The van der Waals surface area contributed by atoms with Gasteiger partial charge in [0.2, 0.25) is 17.7 Å². The normalized spacial score (nSPS) is 14.3. The van der Waals surface area contributed by atoms with Crippen LogP contribution in [0.15, 0.2) is 24.3 Å². The van der Waals surface area contributed by atoms with Gasteiger partial charge in [-0.05, 0) is 62.4 Å². The number of carbonyl (C=O) groups excluding carboxylic acids is 3. The molecule has 196 valence electrons. The summed E-state index contributed by atoms with van der Waals surface area (Å²) in [7, 11) is 0. The first-order valence-electron chi connectivity index (χ1n) is 11.4. The number of carboxylic acids is 1. The number of rotatable bonds is 16. The highest BCUT2D eigenvalue weighted by atomic mass is 32.2. The van der Waals surface area contributed by atoms with E-state index < -0.39 is 47.9 Å². The van der Waals surface area contributed by atoms with Crippen molar-refractivity contribution >= 4 is 35.5 Å². The lowest BCUT2D eigenvalue weighted by Gasteiger charge is -2.25. The van der Waals surface area contributed by atoms with Crippen molar-refractivity contribution in [3.8, 4) is 5.75 Å². The number of carbonyl (C=O) groups is 4. The van der Waals surface area contributed by atoms with Crippen LogP contribution in [0, 0.1) is 0 Å². The number of phenols is 1. The molecule has 0 aliphatic carbocycles. The summed E-state index contributed by atoms with van der Waals surface area (Å²) in [6.07, 6.45) is 4.07. The summed E-state index contributed by atoms with van der Waals surface area (Å²) < 4.78 is 0. The molecule has 1 aromatic rings. The maximum absolute atomic E-state index is 13.1. The van der Waals surface area contributed by atoms with Crippen LogP contribution in [0.4, 0.5) is 0 Å². The van der Waals surface area contributed by atoms with E-state index in [0.29, 0.717) is 37.1 Å². The van der Waals surface area contributed by atoms with E-state index in [1.807, 2.05) is 6.26 Å². The van der Waals surface area contributed by atoms with Gasteiger partial charge in [-0.3, -0.25) is 19.2 Å². The molecule has 0 bridgehead atoms. The van der Waals surface area contributed by atoms with Gasteiger partial charge in [-0.2, -0.15) is 11.8 Å². The SMILES string of the molecule is CSCCC(NC(=O)C(N)CCCCN)C(=O)NC(Cc1ccc(O)cc1)C(=O)NC(C)C(=O)O. The first-order valence-corrected chi connectivity index (χ1v) is 12.8. The number of benzene rings is 1. The minimum Gasteiger partial charge on any atom is -0.508 e. The van der Waals surface area contributed by atoms with Gasteiger partial charge in [0.15, 0.2) is 0 Å². The zero-order valence-electron chi connectivity index (χ0n) is 20.2. The molecule has 0 saturated heterocycles. The Bertz CT molecular complexity index is 838. The molecule has 35 heavy (non-hydrogen) atoms. The maximum atomic E-state index is 13.1. The van der Waals surface area contributed by atoms with Crippen LogP contribution < -0.4 is 27.4 Å². The summed E-state index contributed by atoms with van der Waals surface area (Å²) in [6.45, 7) is 1.81. The lowest BCUT2D eigenvalue weighted by Crippen LogP contribution is -2.57. The second-order valence-corrected chi connectivity index (χ2v) is 9.22. The average molecular weight is 512 g/mol. The van der Waals surface area contributed by atoms with Crippen molar-refractivity contribution in [1.82, 2.24) is 16.0 Å². The molecule has 0 spiro atoms. The van der Waals surface area contributed by atoms with Crippen LogP contribution in [0.3, 0.4) is 0 Å². The van der Waals surface area contributed by atoms with E-state index in [-0.39, 0.29) is 12.2 Å². The molecule has 0 heterocycles. The third-order valence-electron chi connectivity index (χ3n) is 5.29. The fourth-order valence-electron chi connectivity index (χ4n) is 3.15. The molecule has 0 saturated carbocycles. The second-order valence-electron chi connectivity index (χ2n) is 8.23. The minimum atomic E-state index is -1.22. The largest absolute Gasteiger partial charge is 0.508 e. The first-order chi connectivity index (χ1) is 16.6. The Balaban J connectivity index is 2.99. The summed E-state index contributed by atoms with van der Waals surface area (Å²) in [4.78, 5) is 49.7. The monoisotopic (exact) mass is 511 g/mol. The Morgan fingerprint density at radius 1 is 0.943 bits per heavy atom. The molecule has 1 rings (SSSR count). The highest BCUT2D eigenvalue weighted by Gasteiger charge is 2.29. The molecule has 9 N–H and O–H groups in total. The van der Waals surface area contributed by atoms with Crippen molar-refractivity contribution in [2.45, 2.75) is 63.2 Å². The van der Waals surface area contributed by atoms with E-state index >= 15 is 0 Å². The Kier molecular flexibility index (Phi) is 13.8. The topological polar surface area (TPSA) is 197 Å². The highest BCUT2D eigenvalue weighted by Crippen LogP contribution is 2.12. The van der Waals surface area contributed by atoms with Crippen molar-refractivity contribution in [2.24, 2.45) is 11.5 Å². The number of hydrogen-bond donors (Lipinski definition) is 7. The van der Waals surface area contributed by atoms with E-state index in [0.717, 1.165) is 6.42 Å². The molecule has 0 fully saturated rings. The summed E-state index contributed by atoms with van der Waals surface area (Å²) in [5.41, 5.74) is 12.1. The molecule has 12 heteroatoms. The summed E-state index contributed by atoms with van der Waals surface area (Å²) >= 11 is 1.50. The zero-order chi connectivity index (χ0) is 26.4. The molecule has 1 aromatic carbocycles. The van der Waals surface area contributed by atoms with Crippen LogP contribution in [0.2, 0.25) is 0 Å². The molecular formula is C23H37N5O6S. The van der Waals surface area contributed by atoms with Gasteiger partial charge >= 0.3 is 5.97 Å². The van der Waals surface area contributed by atoms with Gasteiger partial charge in [-0.15, -0.1) is 0 Å². The number of carboxylic acid groups (broad SMARTS) is 1. The molecule has 4 unspecified atom stereocenters. The fourth-order valence-corrected chi connectivity index (χ4v) is 3.62. The Labute approximate surface area is 209 Å². The molecular weight excluding hydrogens is 474 g/mol. The molecule has 0 aliphatic heterocycles. The van der Waals surface area contributed by atoms with Crippen molar-refractivity contribution in [3.63, 3.8) is 0 Å². The van der Waals surface area contributed by atoms with Crippen LogP contribution in [-0.2, 0) is 25.6 Å². The van der Waals surface area contributed by atoms with Gasteiger partial charge in [-0.1, -0.05) is 18.6 Å². The number of unbranched alkanes of at least 4 members (excludes halogenated alkanes) is 1. The van der Waals surface area contributed by atoms with Crippen LogP contribution in [0.5, 0.6) is 5.75 Å². The average Bonchev–Trinajstić information content (AvgIpc) is 2.82. The lowest BCUT2D eigenvalue weighted by atomic mass is 10.0. The highest BCUT2D eigenvalue weighted by molar-refractivity contribution is 7.98. The van der Waals surface area contributed by atoms with Gasteiger partial charge in [-0.25, -0.2) is 0 Å². The standard InChI is InChI=1S/C23H37N5O6S/c1-14(23(33)34)26-22(32)19(13-15-6-8-16(29)9-7-15)28-21(31)18(10-12-35-2)27-20(30)17(25)5-3-4-11-24/h6-9,14,17-19,29H,3-5,10-13,24-25H2,1-2H3,(H,26,32)(H,27,30)(H,28,31)(H,33,34). The lowest BCUT2D eigenvalue weighted by molar-refractivity contribution is -0.141. The van der Waals surface area contributed by atoms with Gasteiger partial charge in [0.25, 0.3) is 0 Å². The van der Waals surface area contributed by atoms with Crippen LogP contribution in [0.25, 0.3) is 0 Å². The molecule has 0 radical (unpaired) electrons. The van der Waals surface area contributed by atoms with Crippen LogP contribution in [0.1, 0.15) is 38.2 Å². The zero-order valence-corrected chi connectivity index (χ0v) is 21.0. The molecule has 4 atom stereocenters. The predicted octanol–water partition coefficient (Wildman–Crippen LogP) is -0.297. The Morgan fingerprint density at radius 2 is 1.54 bits per heavy atom. The molecule has 0 aromatic heterocycles. The van der Waals surface area contributed by atoms with Crippen LogP contribution >= 0.6 is 11.8 Å². The summed E-state index contributed by atoms with van der Waals surface area (Å²) in [6, 6.07) is 2.08. The number of hydrogen-bond acceptors (Lipinski definition) is 8. The number of nitrogens with one attached hydrogen (secondary N) is 3. The number of thioether (sulfide) groups is 1. The minimum absolute atomic E-state index is 0.0425. The second kappa shape index (κ2) is 16.0. The van der Waals surface area contributed by atoms with Gasteiger partial charge in [0.05, 0.1) is 6.04 Å². The van der Waals surface area contributed by atoms with Gasteiger partial charge in [0, 0.05) is 6.42 Å². The summed E-state index contributed by atoms with van der Waals surface area (Å²) in [5.74, 6) is -2.34. The Morgan fingerprint density at radius 3 is 2.11 bits per heavy atom. The third-order valence-corrected chi connectivity index (χ3v) is 5.93. The molecule has 11 nitrogen and oxygen atoms in total. The third kappa shape index (κ3) is 11.4. The molecule has 3 amide bonds. The maximum Gasteiger partial charge on any atom is 0.325 e. The van der Waals surface area contributed by atoms with Crippen molar-refractivity contribution in [1.29, 1.82) is 0 Å². The quantitative estimate of drug-likeness (QED) is 0.146. The van der Waals surface area contributed by atoms with Crippen molar-refractivity contribution in [3.05, 3.63) is 29.8 Å². The van der Waals surface area contributed by atoms with E-state index in [4.69, 9.17) is 16.6 Å². The number of aliphatic carboxylic acids is 1. The number of nitrogens with two attached hydrogens (primary N) is 2. The number of aromatic hydroxyl groups is 1. The van der Waals surface area contributed by atoms with Gasteiger partial charge < -0.3 is 37.6 Å². The number of amides is 3. The van der Waals surface area contributed by atoms with E-state index in [1.165, 1.54) is 30.8 Å². The molecule has 0 aliphatic rings. The predicted molar refractivity (Wildman–Crippen MR) is 135 cm³/mol. The Hall–Kier alpha value is -2.83. The van der Waals surface area contributed by atoms with Crippen molar-refractivity contribution < 1.29 is 29.4 Å². The smallest absolute Gasteiger partial charge is 0.325 e. The van der Waals surface area contributed by atoms with Gasteiger partial charge in [0.1, 0.15) is 23.9 Å². The van der Waals surface area contributed by atoms with Crippen molar-refractivity contribution in [2.75, 3.05) is 18.6 Å². The van der Waals surface area contributed by atoms with Crippen LogP contribution in [-0.4, -0.2) is 76.6 Å². The van der Waals surface area contributed by atoms with E-state index in [9.17, 15) is 24.3 Å². The fraction of sp³-hybridized carbons (Fsp3) is 0.565. The first kappa shape index (κ1) is 30.2. The van der Waals surface area contributed by atoms with E-state index in [2.05, 4.69) is 16.0 Å². The summed E-state index contributed by atoms with van der Waals surface area (Å²) in [5, 5.41) is 26.3. The number of phenolic OH excluding ortho intramolecular Hbond substituents is 1.